The first kappa shape index (κ1) is 11.2. The number of rotatable bonds is 2. The summed E-state index contributed by atoms with van der Waals surface area (Å²) in [6, 6.07) is 0. The van der Waals surface area contributed by atoms with Crippen molar-refractivity contribution in [2.45, 2.75) is 50.0 Å². The van der Waals surface area contributed by atoms with Crippen molar-refractivity contribution in [3.63, 3.8) is 0 Å². The van der Waals surface area contributed by atoms with Gasteiger partial charge >= 0.3 is 0 Å². The third-order valence-electron chi connectivity index (χ3n) is 3.99. The number of nitrogens with zero attached hydrogens (tertiary/aromatic N) is 2. The average Bonchev–Trinajstić information content (AvgIpc) is 3.01. The molecule has 0 atom stereocenters. The Labute approximate surface area is 101 Å². The van der Waals surface area contributed by atoms with Gasteiger partial charge in [0.1, 0.15) is 5.60 Å². The zero-order valence-corrected chi connectivity index (χ0v) is 9.98. The standard InChI is InChI=1S/C12H19N3O2/c16-12(5-7-13-8-6-12)11-14-10(15-17-11)9-3-1-2-4-9/h9,13,16H,1-8H2. The minimum absolute atomic E-state index is 0.418. The third kappa shape index (κ3) is 2.09. The monoisotopic (exact) mass is 237 g/mol. The zero-order valence-electron chi connectivity index (χ0n) is 9.98. The Morgan fingerprint density at radius 2 is 1.94 bits per heavy atom. The first-order chi connectivity index (χ1) is 8.28. The summed E-state index contributed by atoms with van der Waals surface area (Å²) in [5, 5.41) is 17.7. The summed E-state index contributed by atoms with van der Waals surface area (Å²) in [6.45, 7) is 1.61. The van der Waals surface area contributed by atoms with E-state index in [0.717, 1.165) is 31.8 Å². The van der Waals surface area contributed by atoms with E-state index < -0.39 is 5.60 Å². The van der Waals surface area contributed by atoms with Crippen molar-refractivity contribution >= 4 is 0 Å². The highest BCUT2D eigenvalue weighted by molar-refractivity contribution is 5.04. The van der Waals surface area contributed by atoms with Crippen LogP contribution in [0.3, 0.4) is 0 Å². The van der Waals surface area contributed by atoms with Gasteiger partial charge in [-0.15, -0.1) is 0 Å². The van der Waals surface area contributed by atoms with E-state index in [0.29, 0.717) is 24.7 Å². The molecule has 5 nitrogen and oxygen atoms in total. The highest BCUT2D eigenvalue weighted by atomic mass is 16.5. The van der Waals surface area contributed by atoms with Crippen molar-refractivity contribution in [1.82, 2.24) is 15.5 Å². The fourth-order valence-corrected chi connectivity index (χ4v) is 2.83. The summed E-state index contributed by atoms with van der Waals surface area (Å²) in [5.41, 5.74) is -0.908. The van der Waals surface area contributed by atoms with E-state index >= 15 is 0 Å². The number of aliphatic hydroxyl groups is 1. The predicted octanol–water partition coefficient (Wildman–Crippen LogP) is 1.30. The van der Waals surface area contributed by atoms with Gasteiger partial charge in [0.05, 0.1) is 0 Å². The van der Waals surface area contributed by atoms with E-state index in [9.17, 15) is 5.11 Å². The maximum absolute atomic E-state index is 10.5. The molecule has 17 heavy (non-hydrogen) atoms. The molecule has 1 aliphatic heterocycles. The molecule has 1 saturated heterocycles. The minimum Gasteiger partial charge on any atom is -0.380 e. The van der Waals surface area contributed by atoms with E-state index in [4.69, 9.17) is 4.52 Å². The molecule has 0 radical (unpaired) electrons. The van der Waals surface area contributed by atoms with Crippen LogP contribution in [0.25, 0.3) is 0 Å². The average molecular weight is 237 g/mol. The van der Waals surface area contributed by atoms with Crippen LogP contribution in [0.5, 0.6) is 0 Å². The largest absolute Gasteiger partial charge is 0.380 e. The summed E-state index contributed by atoms with van der Waals surface area (Å²) < 4.78 is 5.28. The Hall–Kier alpha value is -0.940. The smallest absolute Gasteiger partial charge is 0.258 e. The topological polar surface area (TPSA) is 71.2 Å². The molecule has 0 spiro atoms. The molecule has 3 rings (SSSR count). The zero-order chi connectivity index (χ0) is 11.7. The Kier molecular flexibility index (Phi) is 2.88. The van der Waals surface area contributed by atoms with E-state index in [1.807, 2.05) is 0 Å². The Morgan fingerprint density at radius 3 is 2.65 bits per heavy atom. The van der Waals surface area contributed by atoms with Crippen LogP contribution in [0.1, 0.15) is 56.2 Å². The number of nitrogens with one attached hydrogen (secondary N) is 1. The first-order valence-electron chi connectivity index (χ1n) is 6.55. The molecule has 94 valence electrons. The highest BCUT2D eigenvalue weighted by Crippen LogP contribution is 2.35. The highest BCUT2D eigenvalue weighted by Gasteiger charge is 2.37. The number of hydrogen-bond donors (Lipinski definition) is 2. The molecule has 1 aromatic rings. The second kappa shape index (κ2) is 4.38. The molecular weight excluding hydrogens is 218 g/mol. The van der Waals surface area contributed by atoms with E-state index in [2.05, 4.69) is 15.5 Å². The summed E-state index contributed by atoms with van der Waals surface area (Å²) in [5.74, 6) is 1.66. The van der Waals surface area contributed by atoms with Gasteiger partial charge in [-0.1, -0.05) is 18.0 Å². The SMILES string of the molecule is OC1(c2nc(C3CCCC3)no2)CCNCC1. The van der Waals surface area contributed by atoms with Crippen molar-refractivity contribution < 1.29 is 9.63 Å². The molecule has 0 unspecified atom stereocenters. The second-order valence-corrected chi connectivity index (χ2v) is 5.22. The first-order valence-corrected chi connectivity index (χ1v) is 6.55. The Morgan fingerprint density at radius 1 is 1.24 bits per heavy atom. The lowest BCUT2D eigenvalue weighted by molar-refractivity contribution is -0.0228. The van der Waals surface area contributed by atoms with Crippen LogP contribution in [0.2, 0.25) is 0 Å². The fraction of sp³-hybridized carbons (Fsp3) is 0.833. The number of piperidine rings is 1. The van der Waals surface area contributed by atoms with Gasteiger partial charge in [-0.25, -0.2) is 0 Å². The lowest BCUT2D eigenvalue weighted by Crippen LogP contribution is -2.39. The van der Waals surface area contributed by atoms with Gasteiger partial charge in [-0.3, -0.25) is 0 Å². The maximum Gasteiger partial charge on any atom is 0.258 e. The van der Waals surface area contributed by atoms with Gasteiger partial charge in [0.15, 0.2) is 5.82 Å². The van der Waals surface area contributed by atoms with Crippen LogP contribution in [0, 0.1) is 0 Å². The molecule has 0 bridgehead atoms. The van der Waals surface area contributed by atoms with Gasteiger partial charge < -0.3 is 14.9 Å². The maximum atomic E-state index is 10.5. The quantitative estimate of drug-likeness (QED) is 0.811. The molecule has 1 aliphatic carbocycles. The van der Waals surface area contributed by atoms with Crippen molar-refractivity contribution in [3.05, 3.63) is 11.7 Å². The molecular formula is C12H19N3O2. The molecule has 0 amide bonds. The van der Waals surface area contributed by atoms with E-state index in [1.165, 1.54) is 12.8 Å². The summed E-state index contributed by atoms with van der Waals surface area (Å²) >= 11 is 0. The number of hydrogen-bond acceptors (Lipinski definition) is 5. The van der Waals surface area contributed by atoms with Gasteiger partial charge in [0.2, 0.25) is 0 Å². The van der Waals surface area contributed by atoms with Crippen LogP contribution in [0.15, 0.2) is 4.52 Å². The summed E-state index contributed by atoms with van der Waals surface area (Å²) in [7, 11) is 0. The molecule has 0 aromatic carbocycles. The summed E-state index contributed by atoms with van der Waals surface area (Å²) in [6.07, 6.45) is 6.11. The van der Waals surface area contributed by atoms with Gasteiger partial charge in [0.25, 0.3) is 5.89 Å². The third-order valence-corrected chi connectivity index (χ3v) is 3.99. The van der Waals surface area contributed by atoms with E-state index in [-0.39, 0.29) is 0 Å². The van der Waals surface area contributed by atoms with Crippen molar-refractivity contribution in [3.8, 4) is 0 Å². The molecule has 2 heterocycles. The number of aromatic nitrogens is 2. The summed E-state index contributed by atoms with van der Waals surface area (Å²) in [4.78, 5) is 4.43. The van der Waals surface area contributed by atoms with Crippen LogP contribution in [-0.4, -0.2) is 28.3 Å². The lowest BCUT2D eigenvalue weighted by Gasteiger charge is -2.28. The van der Waals surface area contributed by atoms with Crippen LogP contribution in [-0.2, 0) is 5.60 Å². The molecule has 2 N–H and O–H groups in total. The van der Waals surface area contributed by atoms with Crippen LogP contribution < -0.4 is 5.32 Å². The fourth-order valence-electron chi connectivity index (χ4n) is 2.83. The van der Waals surface area contributed by atoms with Crippen molar-refractivity contribution in [1.29, 1.82) is 0 Å². The van der Waals surface area contributed by atoms with Crippen LogP contribution in [0.4, 0.5) is 0 Å². The second-order valence-electron chi connectivity index (χ2n) is 5.22. The van der Waals surface area contributed by atoms with Gasteiger partial charge in [-0.05, 0) is 38.8 Å². The molecule has 2 aliphatic rings. The van der Waals surface area contributed by atoms with E-state index in [1.54, 1.807) is 0 Å². The van der Waals surface area contributed by atoms with Gasteiger partial charge in [0, 0.05) is 5.92 Å². The minimum atomic E-state index is -0.908. The normalized spacial score (nSPS) is 25.2. The van der Waals surface area contributed by atoms with Crippen molar-refractivity contribution in [2.24, 2.45) is 0 Å². The lowest BCUT2D eigenvalue weighted by atomic mass is 9.92. The molecule has 1 aromatic heterocycles. The predicted molar refractivity (Wildman–Crippen MR) is 61.5 cm³/mol. The van der Waals surface area contributed by atoms with Crippen LogP contribution >= 0.6 is 0 Å². The van der Waals surface area contributed by atoms with Gasteiger partial charge in [-0.2, -0.15) is 4.98 Å². The van der Waals surface area contributed by atoms with Crippen molar-refractivity contribution in [2.75, 3.05) is 13.1 Å². The molecule has 2 fully saturated rings. The molecule has 5 heteroatoms. The Bertz CT molecular complexity index is 379. The Balaban J connectivity index is 1.78. The molecule has 1 saturated carbocycles.